The molecule has 1 atom stereocenters. The van der Waals surface area contributed by atoms with E-state index in [1.807, 2.05) is 6.92 Å². The Labute approximate surface area is 129 Å². The minimum absolute atomic E-state index is 0.155. The number of aliphatic carboxylic acids is 1. The van der Waals surface area contributed by atoms with Gasteiger partial charge in [0.2, 0.25) is 5.91 Å². The van der Waals surface area contributed by atoms with Crippen LogP contribution in [0, 0.1) is 5.82 Å². The molecule has 1 aromatic rings. The molecule has 1 unspecified atom stereocenters. The van der Waals surface area contributed by atoms with Crippen LogP contribution in [-0.4, -0.2) is 29.1 Å². The maximum absolute atomic E-state index is 12.9. The summed E-state index contributed by atoms with van der Waals surface area (Å²) < 4.78 is 18.3. The number of ether oxygens (including phenoxy) is 1. The molecule has 0 saturated carbocycles. The van der Waals surface area contributed by atoms with Crippen molar-refractivity contribution in [1.29, 1.82) is 0 Å². The van der Waals surface area contributed by atoms with Gasteiger partial charge in [-0.1, -0.05) is 19.4 Å². The molecule has 5 nitrogen and oxygen atoms in total. The third-order valence-electron chi connectivity index (χ3n) is 3.25. The molecule has 0 aliphatic carbocycles. The highest BCUT2D eigenvalue weighted by atomic mass is 19.1. The van der Waals surface area contributed by atoms with Crippen molar-refractivity contribution in [1.82, 2.24) is 5.32 Å². The number of halogens is 1. The zero-order chi connectivity index (χ0) is 16.6. The lowest BCUT2D eigenvalue weighted by molar-refractivity contribution is -0.147. The molecule has 1 aromatic carbocycles. The van der Waals surface area contributed by atoms with E-state index < -0.39 is 11.5 Å². The summed E-state index contributed by atoms with van der Waals surface area (Å²) in [5.41, 5.74) is -1.24. The van der Waals surface area contributed by atoms with Crippen molar-refractivity contribution in [2.45, 2.75) is 45.1 Å². The molecule has 0 aliphatic heterocycles. The number of carboxylic acids is 1. The molecule has 2 N–H and O–H groups in total. The minimum Gasteiger partial charge on any atom is -0.493 e. The summed E-state index contributed by atoms with van der Waals surface area (Å²) in [6.45, 7) is 3.62. The van der Waals surface area contributed by atoms with E-state index in [-0.39, 0.29) is 24.8 Å². The first-order chi connectivity index (χ1) is 10.4. The summed E-state index contributed by atoms with van der Waals surface area (Å²) in [7, 11) is 0. The lowest BCUT2D eigenvalue weighted by Crippen LogP contribution is -2.52. The van der Waals surface area contributed by atoms with Gasteiger partial charge in [0, 0.05) is 12.5 Å². The molecular weight excluding hydrogens is 289 g/mol. The Balaban J connectivity index is 2.35. The van der Waals surface area contributed by atoms with Gasteiger partial charge in [-0.3, -0.25) is 4.79 Å². The molecule has 0 saturated heterocycles. The number of benzene rings is 1. The number of carboxylic acid groups (broad SMARTS) is 1. The molecule has 0 aromatic heterocycles. The van der Waals surface area contributed by atoms with Gasteiger partial charge in [0.1, 0.15) is 17.1 Å². The van der Waals surface area contributed by atoms with Gasteiger partial charge in [-0.2, -0.15) is 0 Å². The monoisotopic (exact) mass is 311 g/mol. The molecule has 0 radical (unpaired) electrons. The average molecular weight is 311 g/mol. The van der Waals surface area contributed by atoms with Crippen molar-refractivity contribution in [2.24, 2.45) is 0 Å². The van der Waals surface area contributed by atoms with Crippen molar-refractivity contribution in [3.8, 4) is 5.75 Å². The molecule has 0 spiro atoms. The molecule has 0 aliphatic rings. The van der Waals surface area contributed by atoms with Crippen LogP contribution in [0.4, 0.5) is 4.39 Å². The third-order valence-corrected chi connectivity index (χ3v) is 3.25. The zero-order valence-corrected chi connectivity index (χ0v) is 12.9. The maximum atomic E-state index is 12.9. The summed E-state index contributed by atoms with van der Waals surface area (Å²) in [4.78, 5) is 23.0. The highest BCUT2D eigenvalue weighted by molar-refractivity contribution is 5.86. The largest absolute Gasteiger partial charge is 0.493 e. The second-order valence-corrected chi connectivity index (χ2v) is 5.34. The summed E-state index contributed by atoms with van der Waals surface area (Å²) in [6, 6.07) is 5.76. The lowest BCUT2D eigenvalue weighted by Gasteiger charge is -2.25. The van der Waals surface area contributed by atoms with Gasteiger partial charge in [0.05, 0.1) is 6.61 Å². The molecule has 1 amide bonds. The number of amides is 1. The van der Waals surface area contributed by atoms with Crippen molar-refractivity contribution in [2.75, 3.05) is 6.61 Å². The molecule has 0 heterocycles. The van der Waals surface area contributed by atoms with Crippen LogP contribution in [0.3, 0.4) is 0 Å². The van der Waals surface area contributed by atoms with Gasteiger partial charge in [-0.05, 0) is 31.9 Å². The molecule has 122 valence electrons. The van der Waals surface area contributed by atoms with E-state index >= 15 is 0 Å². The fourth-order valence-electron chi connectivity index (χ4n) is 2.07. The predicted octanol–water partition coefficient (Wildman–Crippen LogP) is 2.74. The van der Waals surface area contributed by atoms with Gasteiger partial charge in [-0.15, -0.1) is 0 Å². The van der Waals surface area contributed by atoms with Crippen LogP contribution in [0.15, 0.2) is 24.3 Å². The number of rotatable bonds is 9. The van der Waals surface area contributed by atoms with Gasteiger partial charge in [0.15, 0.2) is 0 Å². The lowest BCUT2D eigenvalue weighted by atomic mass is 9.96. The fraction of sp³-hybridized carbons (Fsp3) is 0.500. The normalized spacial score (nSPS) is 13.2. The van der Waals surface area contributed by atoms with E-state index in [1.54, 1.807) is 12.1 Å². The third kappa shape index (κ3) is 5.71. The highest BCUT2D eigenvalue weighted by Crippen LogP contribution is 2.14. The first-order valence-electron chi connectivity index (χ1n) is 7.30. The molecule has 0 fully saturated rings. The number of hydrogen-bond acceptors (Lipinski definition) is 3. The first kappa shape index (κ1) is 17.9. The van der Waals surface area contributed by atoms with Crippen LogP contribution in [0.2, 0.25) is 0 Å². The Morgan fingerprint density at radius 1 is 1.41 bits per heavy atom. The standard InChI is InChI=1S/C16H22FNO4/c1-3-9-16(2,15(20)21)18-14(19)8-5-10-22-13-7-4-6-12(17)11-13/h4,6-7,11H,3,5,8-10H2,1-2H3,(H,18,19)(H,20,21). The average Bonchev–Trinajstić information content (AvgIpc) is 2.43. The predicted molar refractivity (Wildman–Crippen MR) is 80.2 cm³/mol. The van der Waals surface area contributed by atoms with Crippen LogP contribution in [0.1, 0.15) is 39.5 Å². The van der Waals surface area contributed by atoms with Crippen LogP contribution in [-0.2, 0) is 9.59 Å². The maximum Gasteiger partial charge on any atom is 0.329 e. The van der Waals surface area contributed by atoms with E-state index in [4.69, 9.17) is 4.74 Å². The topological polar surface area (TPSA) is 75.6 Å². The zero-order valence-electron chi connectivity index (χ0n) is 12.9. The van der Waals surface area contributed by atoms with E-state index in [9.17, 15) is 19.1 Å². The van der Waals surface area contributed by atoms with Gasteiger partial charge >= 0.3 is 5.97 Å². The summed E-state index contributed by atoms with van der Waals surface area (Å²) in [5.74, 6) is -1.35. The van der Waals surface area contributed by atoms with Gasteiger partial charge in [0.25, 0.3) is 0 Å². The number of carbonyl (C=O) groups is 2. The number of nitrogens with one attached hydrogen (secondary N) is 1. The van der Waals surface area contributed by atoms with Crippen molar-refractivity contribution < 1.29 is 23.8 Å². The van der Waals surface area contributed by atoms with E-state index in [0.717, 1.165) is 0 Å². The van der Waals surface area contributed by atoms with E-state index in [2.05, 4.69) is 5.32 Å². The van der Waals surface area contributed by atoms with Gasteiger partial charge < -0.3 is 15.2 Å². The van der Waals surface area contributed by atoms with Crippen LogP contribution in [0.5, 0.6) is 5.75 Å². The van der Waals surface area contributed by atoms with E-state index in [1.165, 1.54) is 19.1 Å². The SMILES string of the molecule is CCCC(C)(NC(=O)CCCOc1cccc(F)c1)C(=O)O. The second kappa shape index (κ2) is 8.36. The number of carbonyl (C=O) groups excluding carboxylic acids is 1. The van der Waals surface area contributed by atoms with Crippen molar-refractivity contribution in [3.05, 3.63) is 30.1 Å². The Morgan fingerprint density at radius 2 is 2.14 bits per heavy atom. The summed E-state index contributed by atoms with van der Waals surface area (Å²) >= 11 is 0. The molecule has 0 bridgehead atoms. The molecule has 6 heteroatoms. The van der Waals surface area contributed by atoms with Crippen LogP contribution in [0.25, 0.3) is 0 Å². The Kier molecular flexibility index (Phi) is 6.82. The number of hydrogen-bond donors (Lipinski definition) is 2. The van der Waals surface area contributed by atoms with E-state index in [0.29, 0.717) is 25.0 Å². The second-order valence-electron chi connectivity index (χ2n) is 5.34. The smallest absolute Gasteiger partial charge is 0.329 e. The quantitative estimate of drug-likeness (QED) is 0.688. The molecule has 22 heavy (non-hydrogen) atoms. The minimum atomic E-state index is -1.24. The van der Waals surface area contributed by atoms with Crippen molar-refractivity contribution >= 4 is 11.9 Å². The van der Waals surface area contributed by atoms with Crippen LogP contribution < -0.4 is 10.1 Å². The Hall–Kier alpha value is -2.11. The first-order valence-corrected chi connectivity index (χ1v) is 7.30. The highest BCUT2D eigenvalue weighted by Gasteiger charge is 2.33. The Morgan fingerprint density at radius 3 is 2.73 bits per heavy atom. The fourth-order valence-corrected chi connectivity index (χ4v) is 2.07. The van der Waals surface area contributed by atoms with Crippen molar-refractivity contribution in [3.63, 3.8) is 0 Å². The summed E-state index contributed by atoms with van der Waals surface area (Å²) in [6.07, 6.45) is 1.60. The molecular formula is C16H22FNO4. The van der Waals surface area contributed by atoms with Crippen LogP contribution >= 0.6 is 0 Å². The molecule has 1 rings (SSSR count). The van der Waals surface area contributed by atoms with Gasteiger partial charge in [-0.25, -0.2) is 9.18 Å². The summed E-state index contributed by atoms with van der Waals surface area (Å²) in [5, 5.41) is 11.7. The Bertz CT molecular complexity index is 521.